The van der Waals surface area contributed by atoms with Crippen LogP contribution in [-0.2, 0) is 4.74 Å². The van der Waals surface area contributed by atoms with E-state index in [9.17, 15) is 0 Å². The molecular formula is C14H21BrN2O. The van der Waals surface area contributed by atoms with Gasteiger partial charge in [-0.25, -0.2) is 0 Å². The predicted octanol–water partition coefficient (Wildman–Crippen LogP) is 2.70. The van der Waals surface area contributed by atoms with Gasteiger partial charge in [-0.2, -0.15) is 0 Å². The number of hydrogen-bond donors (Lipinski definition) is 1. The topological polar surface area (TPSA) is 38.5 Å². The lowest BCUT2D eigenvalue weighted by Gasteiger charge is -2.39. The van der Waals surface area contributed by atoms with E-state index in [-0.39, 0.29) is 12.2 Å². The zero-order chi connectivity index (χ0) is 13.1. The molecule has 1 aromatic carbocycles. The molecule has 1 aromatic rings. The van der Waals surface area contributed by atoms with Crippen LogP contribution in [0.2, 0.25) is 0 Å². The molecule has 2 unspecified atom stereocenters. The largest absolute Gasteiger partial charge is 0.372 e. The Hall–Kier alpha value is -0.580. The lowest BCUT2D eigenvalue weighted by Crippen LogP contribution is -2.47. The van der Waals surface area contributed by atoms with E-state index in [0.717, 1.165) is 24.0 Å². The molecule has 100 valence electrons. The van der Waals surface area contributed by atoms with Gasteiger partial charge in [0.05, 0.1) is 12.2 Å². The quantitative estimate of drug-likeness (QED) is 0.932. The van der Waals surface area contributed by atoms with Gasteiger partial charge in [0.1, 0.15) is 0 Å². The Morgan fingerprint density at radius 3 is 2.89 bits per heavy atom. The average Bonchev–Trinajstić information content (AvgIpc) is 2.28. The first-order chi connectivity index (χ1) is 8.60. The van der Waals surface area contributed by atoms with Crippen LogP contribution in [-0.4, -0.2) is 31.8 Å². The second-order valence-corrected chi connectivity index (χ2v) is 5.90. The van der Waals surface area contributed by atoms with Crippen molar-refractivity contribution in [1.29, 1.82) is 0 Å². The number of anilines is 1. The molecule has 0 spiro atoms. The summed E-state index contributed by atoms with van der Waals surface area (Å²) >= 11 is 3.51. The first-order valence-corrected chi connectivity index (χ1v) is 7.26. The molecule has 1 heterocycles. The van der Waals surface area contributed by atoms with Gasteiger partial charge in [0.2, 0.25) is 0 Å². The molecule has 1 saturated heterocycles. The average molecular weight is 313 g/mol. The monoisotopic (exact) mass is 312 g/mol. The lowest BCUT2D eigenvalue weighted by atomic mass is 10.1. The molecule has 1 aliphatic heterocycles. The summed E-state index contributed by atoms with van der Waals surface area (Å²) in [5.74, 6) is 0. The molecule has 1 fully saturated rings. The Kier molecular flexibility index (Phi) is 4.65. The molecule has 2 N–H and O–H groups in total. The number of nitrogens with zero attached hydrogens (tertiary/aromatic N) is 1. The Morgan fingerprint density at radius 1 is 1.44 bits per heavy atom. The standard InChI is InChI=1S/C14H21BrN2O/c1-10-7-12(15)3-4-14(10)17-8-11(2)18-13(9-17)5-6-16/h3-4,7,11,13H,5-6,8-9,16H2,1-2H3. The Balaban J connectivity index is 2.16. The van der Waals surface area contributed by atoms with Crippen molar-refractivity contribution in [3.63, 3.8) is 0 Å². The normalized spacial score (nSPS) is 24.3. The maximum atomic E-state index is 5.91. The van der Waals surface area contributed by atoms with Gasteiger partial charge in [0, 0.05) is 23.2 Å². The molecule has 0 radical (unpaired) electrons. The van der Waals surface area contributed by atoms with E-state index in [2.05, 4.69) is 52.9 Å². The van der Waals surface area contributed by atoms with Gasteiger partial charge in [0.15, 0.2) is 0 Å². The van der Waals surface area contributed by atoms with Crippen LogP contribution in [0.1, 0.15) is 18.9 Å². The van der Waals surface area contributed by atoms with Crippen molar-refractivity contribution < 1.29 is 4.74 Å². The van der Waals surface area contributed by atoms with Crippen LogP contribution in [0.4, 0.5) is 5.69 Å². The maximum Gasteiger partial charge on any atom is 0.0766 e. The van der Waals surface area contributed by atoms with E-state index < -0.39 is 0 Å². The Labute approximate surface area is 117 Å². The highest BCUT2D eigenvalue weighted by molar-refractivity contribution is 9.10. The molecule has 0 aliphatic carbocycles. The molecule has 0 bridgehead atoms. The van der Waals surface area contributed by atoms with Gasteiger partial charge in [-0.15, -0.1) is 0 Å². The zero-order valence-corrected chi connectivity index (χ0v) is 12.6. The van der Waals surface area contributed by atoms with Crippen LogP contribution in [0.5, 0.6) is 0 Å². The van der Waals surface area contributed by atoms with Crippen LogP contribution < -0.4 is 10.6 Å². The van der Waals surface area contributed by atoms with Crippen molar-refractivity contribution in [2.24, 2.45) is 5.73 Å². The van der Waals surface area contributed by atoms with Gasteiger partial charge < -0.3 is 15.4 Å². The van der Waals surface area contributed by atoms with E-state index in [1.807, 2.05) is 0 Å². The minimum Gasteiger partial charge on any atom is -0.372 e. The fourth-order valence-corrected chi connectivity index (χ4v) is 3.04. The van der Waals surface area contributed by atoms with E-state index in [1.54, 1.807) is 0 Å². The lowest BCUT2D eigenvalue weighted by molar-refractivity contribution is -0.0184. The van der Waals surface area contributed by atoms with Gasteiger partial charge in [-0.1, -0.05) is 15.9 Å². The summed E-state index contributed by atoms with van der Waals surface area (Å²) in [7, 11) is 0. The van der Waals surface area contributed by atoms with Crippen molar-refractivity contribution in [2.75, 3.05) is 24.5 Å². The van der Waals surface area contributed by atoms with Crippen molar-refractivity contribution in [3.05, 3.63) is 28.2 Å². The van der Waals surface area contributed by atoms with Crippen LogP contribution in [0.25, 0.3) is 0 Å². The number of rotatable bonds is 3. The summed E-state index contributed by atoms with van der Waals surface area (Å²) in [5, 5.41) is 0. The first-order valence-electron chi connectivity index (χ1n) is 6.46. The molecule has 18 heavy (non-hydrogen) atoms. The Morgan fingerprint density at radius 2 is 2.22 bits per heavy atom. The minimum absolute atomic E-state index is 0.252. The van der Waals surface area contributed by atoms with E-state index in [1.165, 1.54) is 11.3 Å². The molecule has 0 aromatic heterocycles. The number of ether oxygens (including phenoxy) is 1. The van der Waals surface area contributed by atoms with Gasteiger partial charge in [-0.3, -0.25) is 0 Å². The first kappa shape index (κ1) is 13.8. The number of benzene rings is 1. The molecule has 4 heteroatoms. The fourth-order valence-electron chi connectivity index (χ4n) is 2.56. The number of hydrogen-bond acceptors (Lipinski definition) is 3. The number of halogens is 1. The van der Waals surface area contributed by atoms with Gasteiger partial charge in [0.25, 0.3) is 0 Å². The van der Waals surface area contributed by atoms with Crippen LogP contribution >= 0.6 is 15.9 Å². The molecule has 2 rings (SSSR count). The Bertz CT molecular complexity index is 411. The summed E-state index contributed by atoms with van der Waals surface area (Å²) in [6.45, 7) is 6.85. The highest BCUT2D eigenvalue weighted by Crippen LogP contribution is 2.27. The van der Waals surface area contributed by atoms with Gasteiger partial charge in [-0.05, 0) is 50.6 Å². The van der Waals surface area contributed by atoms with Crippen molar-refractivity contribution in [2.45, 2.75) is 32.5 Å². The SMILES string of the molecule is Cc1cc(Br)ccc1N1CC(C)OC(CCN)C1. The van der Waals surface area contributed by atoms with Crippen molar-refractivity contribution >= 4 is 21.6 Å². The van der Waals surface area contributed by atoms with Crippen LogP contribution in [0.15, 0.2) is 22.7 Å². The summed E-state index contributed by atoms with van der Waals surface area (Å²) in [6.07, 6.45) is 1.44. The zero-order valence-electron chi connectivity index (χ0n) is 11.0. The third-order valence-electron chi connectivity index (χ3n) is 3.31. The van der Waals surface area contributed by atoms with E-state index in [4.69, 9.17) is 10.5 Å². The van der Waals surface area contributed by atoms with E-state index >= 15 is 0 Å². The molecule has 1 aliphatic rings. The summed E-state index contributed by atoms with van der Waals surface area (Å²) in [6, 6.07) is 6.44. The molecule has 0 amide bonds. The maximum absolute atomic E-state index is 5.91. The minimum atomic E-state index is 0.252. The molecular weight excluding hydrogens is 292 g/mol. The highest BCUT2D eigenvalue weighted by atomic mass is 79.9. The fraction of sp³-hybridized carbons (Fsp3) is 0.571. The van der Waals surface area contributed by atoms with Crippen molar-refractivity contribution in [3.8, 4) is 0 Å². The number of aryl methyl sites for hydroxylation is 1. The second-order valence-electron chi connectivity index (χ2n) is 4.98. The van der Waals surface area contributed by atoms with Crippen LogP contribution in [0.3, 0.4) is 0 Å². The third kappa shape index (κ3) is 3.25. The third-order valence-corrected chi connectivity index (χ3v) is 3.81. The molecule has 3 nitrogen and oxygen atoms in total. The molecule has 2 atom stereocenters. The summed E-state index contributed by atoms with van der Waals surface area (Å²) < 4.78 is 7.04. The molecule has 0 saturated carbocycles. The van der Waals surface area contributed by atoms with E-state index in [0.29, 0.717) is 6.54 Å². The van der Waals surface area contributed by atoms with Gasteiger partial charge >= 0.3 is 0 Å². The smallest absolute Gasteiger partial charge is 0.0766 e. The van der Waals surface area contributed by atoms with Crippen LogP contribution in [0, 0.1) is 6.92 Å². The number of morpholine rings is 1. The second kappa shape index (κ2) is 6.04. The summed E-state index contributed by atoms with van der Waals surface area (Å²) in [4.78, 5) is 2.41. The summed E-state index contributed by atoms with van der Waals surface area (Å²) in [5.41, 5.74) is 8.23. The number of nitrogens with two attached hydrogens (primary N) is 1. The predicted molar refractivity (Wildman–Crippen MR) is 79.1 cm³/mol. The highest BCUT2D eigenvalue weighted by Gasteiger charge is 2.25. The van der Waals surface area contributed by atoms with Crippen molar-refractivity contribution in [1.82, 2.24) is 0 Å².